The highest BCUT2D eigenvalue weighted by molar-refractivity contribution is 6.32. The molecule has 0 atom stereocenters. The van der Waals surface area contributed by atoms with Crippen LogP contribution in [0.2, 0.25) is 5.02 Å². The summed E-state index contributed by atoms with van der Waals surface area (Å²) in [6, 6.07) is 16.9. The summed E-state index contributed by atoms with van der Waals surface area (Å²) in [6.07, 6.45) is 1.35. The summed E-state index contributed by atoms with van der Waals surface area (Å²) in [5.74, 6) is -0.0413. The highest BCUT2D eigenvalue weighted by Crippen LogP contribution is 2.37. The number of nitriles is 1. The number of rotatable bonds is 8. The number of carbonyl (C=O) groups excluding carboxylic acids is 1. The van der Waals surface area contributed by atoms with E-state index in [-0.39, 0.29) is 28.6 Å². The van der Waals surface area contributed by atoms with Crippen molar-refractivity contribution < 1.29 is 19.2 Å². The average molecular weight is 492 g/mol. The van der Waals surface area contributed by atoms with Gasteiger partial charge in [-0.1, -0.05) is 41.9 Å². The van der Waals surface area contributed by atoms with E-state index in [0.717, 1.165) is 11.1 Å². The molecular weight excluding hydrogens is 470 g/mol. The van der Waals surface area contributed by atoms with Gasteiger partial charge in [0.2, 0.25) is 0 Å². The van der Waals surface area contributed by atoms with E-state index >= 15 is 0 Å². The van der Waals surface area contributed by atoms with Crippen molar-refractivity contribution in [2.75, 3.05) is 12.4 Å². The molecule has 0 aliphatic rings. The summed E-state index contributed by atoms with van der Waals surface area (Å²) >= 11 is 6.44. The van der Waals surface area contributed by atoms with Gasteiger partial charge < -0.3 is 14.8 Å². The summed E-state index contributed by atoms with van der Waals surface area (Å²) in [5, 5.41) is 23.4. The second kappa shape index (κ2) is 11.2. The normalized spacial score (nSPS) is 10.9. The molecule has 3 rings (SSSR count). The first kappa shape index (κ1) is 25.3. The van der Waals surface area contributed by atoms with Crippen LogP contribution in [0, 0.1) is 35.3 Å². The fourth-order valence-corrected chi connectivity index (χ4v) is 3.52. The first-order valence-corrected chi connectivity index (χ1v) is 10.8. The van der Waals surface area contributed by atoms with Gasteiger partial charge in [0.15, 0.2) is 11.5 Å². The van der Waals surface area contributed by atoms with E-state index in [2.05, 4.69) is 5.32 Å². The van der Waals surface area contributed by atoms with E-state index in [4.69, 9.17) is 21.1 Å². The van der Waals surface area contributed by atoms with Gasteiger partial charge in [0.1, 0.15) is 18.2 Å². The number of anilines is 1. The zero-order chi connectivity index (χ0) is 25.5. The predicted molar refractivity (Wildman–Crippen MR) is 134 cm³/mol. The molecule has 0 aliphatic carbocycles. The van der Waals surface area contributed by atoms with Crippen molar-refractivity contribution >= 4 is 35.0 Å². The number of nitro groups is 1. The number of aryl methyl sites for hydroxylation is 2. The van der Waals surface area contributed by atoms with E-state index in [1.54, 1.807) is 19.1 Å². The van der Waals surface area contributed by atoms with Crippen LogP contribution in [-0.2, 0) is 11.4 Å². The molecule has 8 nitrogen and oxygen atoms in total. The zero-order valence-corrected chi connectivity index (χ0v) is 20.1. The molecule has 0 fully saturated rings. The average Bonchev–Trinajstić information content (AvgIpc) is 2.83. The van der Waals surface area contributed by atoms with Crippen LogP contribution >= 0.6 is 11.6 Å². The Kier molecular flexibility index (Phi) is 8.08. The van der Waals surface area contributed by atoms with Gasteiger partial charge in [0.25, 0.3) is 11.6 Å². The van der Waals surface area contributed by atoms with Gasteiger partial charge in [0.05, 0.1) is 22.7 Å². The highest BCUT2D eigenvalue weighted by Gasteiger charge is 2.16. The molecular formula is C26H22ClN3O5. The molecule has 178 valence electrons. The van der Waals surface area contributed by atoms with E-state index in [1.807, 2.05) is 37.3 Å². The van der Waals surface area contributed by atoms with Gasteiger partial charge in [-0.25, -0.2) is 0 Å². The van der Waals surface area contributed by atoms with Crippen LogP contribution in [0.15, 0.2) is 60.2 Å². The molecule has 0 heterocycles. The largest absolute Gasteiger partial charge is 0.493 e. The van der Waals surface area contributed by atoms with Gasteiger partial charge in [-0.05, 0) is 54.3 Å². The molecule has 0 saturated heterocycles. The number of ether oxygens (including phenoxy) is 2. The Labute approximate surface area is 207 Å². The van der Waals surface area contributed by atoms with E-state index in [9.17, 15) is 20.2 Å². The van der Waals surface area contributed by atoms with Gasteiger partial charge >= 0.3 is 0 Å². The number of nitrogens with zero attached hydrogens (tertiary/aromatic N) is 2. The van der Waals surface area contributed by atoms with Crippen LogP contribution in [0.3, 0.4) is 0 Å². The number of hydrogen-bond donors (Lipinski definition) is 1. The van der Waals surface area contributed by atoms with E-state index in [1.165, 1.54) is 31.4 Å². The quantitative estimate of drug-likeness (QED) is 0.179. The van der Waals surface area contributed by atoms with Crippen molar-refractivity contribution in [1.29, 1.82) is 5.26 Å². The fourth-order valence-electron chi connectivity index (χ4n) is 3.25. The maximum atomic E-state index is 12.7. The number of hydrogen-bond acceptors (Lipinski definition) is 6. The molecule has 1 N–H and O–H groups in total. The van der Waals surface area contributed by atoms with Crippen LogP contribution < -0.4 is 14.8 Å². The third-order valence-electron chi connectivity index (χ3n) is 5.24. The van der Waals surface area contributed by atoms with E-state index < -0.39 is 10.8 Å². The standard InChI is InChI=1S/C26H22ClN3O5/c1-16-6-4-5-7-19(16)15-35-25-22(27)11-18(12-24(25)34-3)10-20(14-28)26(31)29-23-13-21(30(32)33)9-8-17(23)2/h4-13H,15H2,1-3H3,(H,29,31)/b20-10+. The van der Waals surface area contributed by atoms with Crippen LogP contribution in [0.5, 0.6) is 11.5 Å². The Morgan fingerprint density at radius 2 is 1.91 bits per heavy atom. The number of nitrogens with one attached hydrogen (secondary N) is 1. The smallest absolute Gasteiger partial charge is 0.271 e. The monoisotopic (exact) mass is 491 g/mol. The van der Waals surface area contributed by atoms with Gasteiger partial charge in [-0.15, -0.1) is 0 Å². The third kappa shape index (κ3) is 6.16. The number of halogens is 1. The van der Waals surface area contributed by atoms with Crippen LogP contribution in [0.1, 0.15) is 22.3 Å². The number of benzene rings is 3. The lowest BCUT2D eigenvalue weighted by Gasteiger charge is -2.14. The molecule has 9 heteroatoms. The molecule has 0 spiro atoms. The lowest BCUT2D eigenvalue weighted by Crippen LogP contribution is -2.14. The number of non-ortho nitro benzene ring substituents is 1. The zero-order valence-electron chi connectivity index (χ0n) is 19.3. The Morgan fingerprint density at radius 1 is 1.17 bits per heavy atom. The number of amides is 1. The van der Waals surface area contributed by atoms with Crippen molar-refractivity contribution in [3.8, 4) is 17.6 Å². The second-order valence-electron chi connectivity index (χ2n) is 7.63. The summed E-state index contributed by atoms with van der Waals surface area (Å²) in [5.41, 5.74) is 2.97. The summed E-state index contributed by atoms with van der Waals surface area (Å²) in [4.78, 5) is 23.2. The Morgan fingerprint density at radius 3 is 2.57 bits per heavy atom. The minimum Gasteiger partial charge on any atom is -0.493 e. The fraction of sp³-hybridized carbons (Fsp3) is 0.154. The topological polar surface area (TPSA) is 114 Å². The Balaban J connectivity index is 1.85. The summed E-state index contributed by atoms with van der Waals surface area (Å²) in [7, 11) is 1.46. The first-order chi connectivity index (χ1) is 16.7. The van der Waals surface area contributed by atoms with Gasteiger partial charge in [0, 0.05) is 12.1 Å². The van der Waals surface area contributed by atoms with Crippen molar-refractivity contribution in [2.45, 2.75) is 20.5 Å². The minimum absolute atomic E-state index is 0.175. The molecule has 0 aromatic heterocycles. The molecule has 0 aliphatic heterocycles. The maximum Gasteiger partial charge on any atom is 0.271 e. The van der Waals surface area contributed by atoms with E-state index in [0.29, 0.717) is 22.6 Å². The van der Waals surface area contributed by atoms with Gasteiger partial charge in [-0.2, -0.15) is 5.26 Å². The van der Waals surface area contributed by atoms with Crippen molar-refractivity contribution in [3.63, 3.8) is 0 Å². The van der Waals surface area contributed by atoms with Crippen LogP contribution in [-0.4, -0.2) is 17.9 Å². The number of methoxy groups -OCH3 is 1. The molecule has 35 heavy (non-hydrogen) atoms. The lowest BCUT2D eigenvalue weighted by atomic mass is 10.1. The molecule has 0 radical (unpaired) electrons. The van der Waals surface area contributed by atoms with Crippen molar-refractivity contribution in [3.05, 3.63) is 97.6 Å². The lowest BCUT2D eigenvalue weighted by molar-refractivity contribution is -0.384. The first-order valence-electron chi connectivity index (χ1n) is 10.5. The van der Waals surface area contributed by atoms with Crippen LogP contribution in [0.25, 0.3) is 6.08 Å². The third-order valence-corrected chi connectivity index (χ3v) is 5.52. The summed E-state index contributed by atoms with van der Waals surface area (Å²) in [6.45, 7) is 3.96. The predicted octanol–water partition coefficient (Wildman–Crippen LogP) is 6.00. The molecule has 0 unspecified atom stereocenters. The van der Waals surface area contributed by atoms with Crippen molar-refractivity contribution in [1.82, 2.24) is 0 Å². The molecule has 3 aromatic carbocycles. The molecule has 0 saturated carbocycles. The minimum atomic E-state index is -0.717. The number of nitro benzene ring substituents is 1. The molecule has 3 aromatic rings. The molecule has 0 bridgehead atoms. The number of carbonyl (C=O) groups is 1. The summed E-state index contributed by atoms with van der Waals surface area (Å²) < 4.78 is 11.3. The SMILES string of the molecule is COc1cc(/C=C(\C#N)C(=O)Nc2cc([N+](=O)[O-])ccc2C)cc(Cl)c1OCc1ccccc1C. The Bertz CT molecular complexity index is 1360. The van der Waals surface area contributed by atoms with Crippen molar-refractivity contribution in [2.24, 2.45) is 0 Å². The highest BCUT2D eigenvalue weighted by atomic mass is 35.5. The second-order valence-corrected chi connectivity index (χ2v) is 8.04. The Hall–Kier alpha value is -4.35. The molecule has 1 amide bonds. The van der Waals surface area contributed by atoms with Crippen LogP contribution in [0.4, 0.5) is 11.4 Å². The maximum absolute atomic E-state index is 12.7. The van der Waals surface area contributed by atoms with Gasteiger partial charge in [-0.3, -0.25) is 14.9 Å².